The zero-order valence-electron chi connectivity index (χ0n) is 16.0. The fourth-order valence-corrected chi connectivity index (χ4v) is 2.88. The summed E-state index contributed by atoms with van der Waals surface area (Å²) in [6.45, 7) is 15.0. The van der Waals surface area contributed by atoms with Gasteiger partial charge in [0.05, 0.1) is 36.0 Å². The number of morpholine rings is 1. The zero-order valence-corrected chi connectivity index (χ0v) is 16.0. The van der Waals surface area contributed by atoms with Crippen LogP contribution in [-0.2, 0) is 14.0 Å². The topological polar surface area (TPSA) is 65.9 Å². The molecule has 1 aromatic heterocycles. The Morgan fingerprint density at radius 3 is 2.24 bits per heavy atom. The molecule has 0 spiro atoms. The Morgan fingerprint density at radius 2 is 1.68 bits per heavy atom. The molecule has 0 atom stereocenters. The van der Waals surface area contributed by atoms with E-state index < -0.39 is 18.3 Å². The summed E-state index contributed by atoms with van der Waals surface area (Å²) in [5.41, 5.74) is -0.118. The molecule has 2 saturated heterocycles. The highest BCUT2D eigenvalue weighted by Gasteiger charge is 2.54. The van der Waals surface area contributed by atoms with Crippen molar-refractivity contribution in [2.24, 2.45) is 0 Å². The zero-order chi connectivity index (χ0) is 18.2. The van der Waals surface area contributed by atoms with Crippen LogP contribution in [0.15, 0.2) is 6.33 Å². The van der Waals surface area contributed by atoms with Gasteiger partial charge in [0.15, 0.2) is 0 Å². The quantitative estimate of drug-likeness (QED) is 0.761. The molecule has 0 radical (unpaired) electrons. The summed E-state index contributed by atoms with van der Waals surface area (Å²) in [4.78, 5) is 11.1. The second kappa shape index (κ2) is 6.74. The molecular weight excluding hydrogens is 321 g/mol. The Balaban J connectivity index is 2.02. The molecule has 0 bridgehead atoms. The van der Waals surface area contributed by atoms with E-state index in [1.807, 2.05) is 41.5 Å². The third-order valence-corrected chi connectivity index (χ3v) is 4.97. The van der Waals surface area contributed by atoms with E-state index in [0.717, 1.165) is 24.4 Å². The summed E-state index contributed by atoms with van der Waals surface area (Å²) in [5.74, 6) is 1.32. The maximum absolute atomic E-state index is 6.26. The van der Waals surface area contributed by atoms with Crippen molar-refractivity contribution in [1.29, 1.82) is 0 Å². The first-order valence-corrected chi connectivity index (χ1v) is 8.91. The van der Waals surface area contributed by atoms with Crippen LogP contribution in [0.1, 0.15) is 41.5 Å². The monoisotopic (exact) mass is 349 g/mol. The number of anilines is 1. The van der Waals surface area contributed by atoms with Gasteiger partial charge in [-0.15, -0.1) is 0 Å². The lowest BCUT2D eigenvalue weighted by Gasteiger charge is -2.32. The standard InChI is InChI=1S/C17H28BN3O4/c1-12(2)23-15-13(18-24-16(3,4)17(5,6)25-18)14(19-11-20-15)21-7-9-22-10-8-21/h11-12H,7-10H2,1-6H3. The molecule has 25 heavy (non-hydrogen) atoms. The number of rotatable bonds is 4. The van der Waals surface area contributed by atoms with Crippen LogP contribution in [0.4, 0.5) is 5.82 Å². The minimum atomic E-state index is -0.571. The van der Waals surface area contributed by atoms with E-state index in [-0.39, 0.29) is 6.10 Å². The lowest BCUT2D eigenvalue weighted by atomic mass is 9.79. The largest absolute Gasteiger partial charge is 0.504 e. The van der Waals surface area contributed by atoms with Crippen molar-refractivity contribution < 1.29 is 18.8 Å². The molecular formula is C17H28BN3O4. The second-order valence-corrected chi connectivity index (χ2v) is 7.77. The normalized spacial score (nSPS) is 22.5. The third kappa shape index (κ3) is 3.61. The van der Waals surface area contributed by atoms with Crippen LogP contribution >= 0.6 is 0 Å². The molecule has 138 valence electrons. The molecule has 7 nitrogen and oxygen atoms in total. The first-order chi connectivity index (χ1) is 11.7. The van der Waals surface area contributed by atoms with E-state index in [2.05, 4.69) is 14.9 Å². The van der Waals surface area contributed by atoms with Gasteiger partial charge in [0.25, 0.3) is 0 Å². The lowest BCUT2D eigenvalue weighted by Crippen LogP contribution is -2.45. The highest BCUT2D eigenvalue weighted by Crippen LogP contribution is 2.38. The predicted molar refractivity (Wildman–Crippen MR) is 96.5 cm³/mol. The first-order valence-electron chi connectivity index (χ1n) is 8.91. The van der Waals surface area contributed by atoms with Gasteiger partial charge in [-0.25, -0.2) is 9.97 Å². The minimum absolute atomic E-state index is 0.00591. The number of hydrogen-bond acceptors (Lipinski definition) is 7. The van der Waals surface area contributed by atoms with Gasteiger partial charge in [-0.3, -0.25) is 0 Å². The molecule has 1 aromatic rings. The van der Waals surface area contributed by atoms with Gasteiger partial charge in [0, 0.05) is 13.1 Å². The van der Waals surface area contributed by atoms with E-state index in [4.69, 9.17) is 18.8 Å². The molecule has 8 heteroatoms. The van der Waals surface area contributed by atoms with Gasteiger partial charge in [-0.05, 0) is 41.5 Å². The smallest absolute Gasteiger partial charge is 0.475 e. The summed E-state index contributed by atoms with van der Waals surface area (Å²) < 4.78 is 24.0. The average Bonchev–Trinajstić information content (AvgIpc) is 2.75. The Bertz CT molecular complexity index is 602. The van der Waals surface area contributed by atoms with Crippen molar-refractivity contribution in [3.8, 4) is 5.88 Å². The number of aromatic nitrogens is 2. The van der Waals surface area contributed by atoms with Gasteiger partial charge in [0.2, 0.25) is 5.88 Å². The van der Waals surface area contributed by atoms with Crippen molar-refractivity contribution in [3.63, 3.8) is 0 Å². The lowest BCUT2D eigenvalue weighted by molar-refractivity contribution is 0.00578. The predicted octanol–water partition coefficient (Wildman–Crippen LogP) is 1.40. The van der Waals surface area contributed by atoms with Crippen molar-refractivity contribution in [3.05, 3.63) is 6.33 Å². The second-order valence-electron chi connectivity index (χ2n) is 7.77. The first kappa shape index (κ1) is 18.4. The summed E-state index contributed by atoms with van der Waals surface area (Å²) in [6.07, 6.45) is 1.53. The summed E-state index contributed by atoms with van der Waals surface area (Å²) in [5, 5.41) is 0. The van der Waals surface area contributed by atoms with Crippen molar-refractivity contribution in [2.75, 3.05) is 31.2 Å². The van der Waals surface area contributed by atoms with Crippen LogP contribution in [0.25, 0.3) is 0 Å². The Morgan fingerprint density at radius 1 is 1.08 bits per heavy atom. The van der Waals surface area contributed by atoms with E-state index in [9.17, 15) is 0 Å². The Labute approximate surface area is 150 Å². The van der Waals surface area contributed by atoms with Gasteiger partial charge in [-0.1, -0.05) is 0 Å². The van der Waals surface area contributed by atoms with Crippen molar-refractivity contribution >= 4 is 18.4 Å². The maximum Gasteiger partial charge on any atom is 0.504 e. The summed E-state index contributed by atoms with van der Waals surface area (Å²) in [7, 11) is -0.571. The molecule has 0 aliphatic carbocycles. The Hall–Kier alpha value is -1.38. The fraction of sp³-hybridized carbons (Fsp3) is 0.765. The van der Waals surface area contributed by atoms with Crippen LogP contribution < -0.4 is 15.1 Å². The Kier molecular flexibility index (Phi) is 4.96. The SMILES string of the molecule is CC(C)Oc1ncnc(N2CCOCC2)c1B1OC(C)(C)C(C)(C)O1. The fourth-order valence-electron chi connectivity index (χ4n) is 2.88. The van der Waals surface area contributed by atoms with Gasteiger partial charge in [0.1, 0.15) is 12.1 Å². The van der Waals surface area contributed by atoms with Gasteiger partial charge in [-0.2, -0.15) is 0 Å². The molecule has 0 aromatic carbocycles. The van der Waals surface area contributed by atoms with Crippen molar-refractivity contribution in [1.82, 2.24) is 9.97 Å². The number of hydrogen-bond donors (Lipinski definition) is 0. The van der Waals surface area contributed by atoms with Crippen LogP contribution in [0, 0.1) is 0 Å². The van der Waals surface area contributed by atoms with E-state index >= 15 is 0 Å². The van der Waals surface area contributed by atoms with Crippen molar-refractivity contribution in [2.45, 2.75) is 58.8 Å². The molecule has 2 aliphatic rings. The maximum atomic E-state index is 6.26. The van der Waals surface area contributed by atoms with Crippen LogP contribution in [0.3, 0.4) is 0 Å². The van der Waals surface area contributed by atoms with Gasteiger partial charge < -0.3 is 23.7 Å². The highest BCUT2D eigenvalue weighted by atomic mass is 16.7. The van der Waals surface area contributed by atoms with E-state index in [1.165, 1.54) is 6.33 Å². The highest BCUT2D eigenvalue weighted by molar-refractivity contribution is 6.64. The van der Waals surface area contributed by atoms with E-state index in [0.29, 0.717) is 19.1 Å². The third-order valence-electron chi connectivity index (χ3n) is 4.97. The van der Waals surface area contributed by atoms with Crippen LogP contribution in [0.2, 0.25) is 0 Å². The minimum Gasteiger partial charge on any atom is -0.475 e. The number of nitrogens with zero attached hydrogens (tertiary/aromatic N) is 3. The van der Waals surface area contributed by atoms with Crippen LogP contribution in [-0.4, -0.2) is 60.7 Å². The molecule has 0 saturated carbocycles. The molecule has 0 N–H and O–H groups in total. The molecule has 0 amide bonds. The molecule has 3 heterocycles. The molecule has 2 aliphatic heterocycles. The van der Waals surface area contributed by atoms with Gasteiger partial charge >= 0.3 is 7.12 Å². The molecule has 0 unspecified atom stereocenters. The van der Waals surface area contributed by atoms with Crippen LogP contribution in [0.5, 0.6) is 5.88 Å². The molecule has 2 fully saturated rings. The van der Waals surface area contributed by atoms with E-state index in [1.54, 1.807) is 0 Å². The summed E-state index contributed by atoms with van der Waals surface area (Å²) in [6, 6.07) is 0. The summed E-state index contributed by atoms with van der Waals surface area (Å²) >= 11 is 0. The average molecular weight is 349 g/mol. The molecule has 3 rings (SSSR count). The number of ether oxygens (including phenoxy) is 2.